The molecule has 0 spiro atoms. The number of ketones is 1. The minimum Gasteiger partial charge on any atom is -0.312 e. The van der Waals surface area contributed by atoms with E-state index in [4.69, 9.17) is 9.05 Å². The van der Waals surface area contributed by atoms with Crippen LogP contribution in [0, 0.1) is 0 Å². The van der Waals surface area contributed by atoms with Gasteiger partial charge in [-0.2, -0.15) is 0 Å². The van der Waals surface area contributed by atoms with Crippen molar-refractivity contribution in [3.63, 3.8) is 0 Å². The molecule has 1 aliphatic carbocycles. The number of hydrogen-bond acceptors (Lipinski definition) is 4. The van der Waals surface area contributed by atoms with Gasteiger partial charge in [-0.15, -0.1) is 0 Å². The second-order valence-corrected chi connectivity index (χ2v) is 5.38. The van der Waals surface area contributed by atoms with Crippen LogP contribution in [0.5, 0.6) is 0 Å². The number of rotatable bonds is 3. The standard InChI is InChI=1S/C7H13O4P/c1-10-12(9,11-2)7-4-3-6(8)5-7/h7H,3-5H2,1-2H3. The monoisotopic (exact) mass is 192 g/mol. The van der Waals surface area contributed by atoms with Gasteiger partial charge in [0.15, 0.2) is 0 Å². The van der Waals surface area contributed by atoms with E-state index in [2.05, 4.69) is 0 Å². The molecule has 1 aliphatic rings. The molecule has 1 rings (SSSR count). The molecule has 0 heterocycles. The summed E-state index contributed by atoms with van der Waals surface area (Å²) < 4.78 is 21.3. The molecular formula is C7H13O4P. The Hall–Kier alpha value is -0.180. The number of carbonyl (C=O) groups excluding carboxylic acids is 1. The van der Waals surface area contributed by atoms with Gasteiger partial charge >= 0.3 is 7.60 Å². The first-order chi connectivity index (χ1) is 5.62. The third-order valence-corrected chi connectivity index (χ3v) is 4.53. The predicted octanol–water partition coefficient (Wildman–Crippen LogP) is 1.59. The van der Waals surface area contributed by atoms with Gasteiger partial charge in [-0.1, -0.05) is 0 Å². The molecule has 0 aromatic rings. The Morgan fingerprint density at radius 3 is 2.33 bits per heavy atom. The van der Waals surface area contributed by atoms with Crippen LogP contribution in [0.25, 0.3) is 0 Å². The van der Waals surface area contributed by atoms with Gasteiger partial charge in [-0.3, -0.25) is 9.36 Å². The molecule has 0 aromatic carbocycles. The van der Waals surface area contributed by atoms with Crippen molar-refractivity contribution >= 4 is 13.4 Å². The predicted molar refractivity (Wildman–Crippen MR) is 44.3 cm³/mol. The summed E-state index contributed by atoms with van der Waals surface area (Å²) in [4.78, 5) is 10.9. The summed E-state index contributed by atoms with van der Waals surface area (Å²) in [5, 5.41) is 0. The molecule has 12 heavy (non-hydrogen) atoms. The average Bonchev–Trinajstić information content (AvgIpc) is 2.51. The molecule has 4 nitrogen and oxygen atoms in total. The fourth-order valence-corrected chi connectivity index (χ4v) is 3.06. The van der Waals surface area contributed by atoms with E-state index in [0.717, 1.165) is 0 Å². The van der Waals surface area contributed by atoms with E-state index in [1.54, 1.807) is 0 Å². The van der Waals surface area contributed by atoms with E-state index in [0.29, 0.717) is 19.3 Å². The van der Waals surface area contributed by atoms with Gasteiger partial charge in [0, 0.05) is 27.1 Å². The minimum absolute atomic E-state index is 0.148. The highest BCUT2D eigenvalue weighted by Crippen LogP contribution is 2.56. The molecule has 1 fully saturated rings. The lowest BCUT2D eigenvalue weighted by Gasteiger charge is -2.18. The van der Waals surface area contributed by atoms with Gasteiger partial charge in [0.25, 0.3) is 0 Å². The fraction of sp³-hybridized carbons (Fsp3) is 0.857. The van der Waals surface area contributed by atoms with Gasteiger partial charge in [-0.05, 0) is 6.42 Å². The SMILES string of the molecule is COP(=O)(OC)C1CCC(=O)C1. The van der Waals surface area contributed by atoms with Crippen LogP contribution in [0.2, 0.25) is 0 Å². The van der Waals surface area contributed by atoms with E-state index in [1.165, 1.54) is 14.2 Å². The first-order valence-corrected chi connectivity index (χ1v) is 5.46. The number of carbonyl (C=O) groups is 1. The number of Topliss-reactive ketones (excluding diaryl/α,β-unsaturated/α-hetero) is 1. The normalized spacial score (nSPS) is 24.8. The van der Waals surface area contributed by atoms with Gasteiger partial charge in [0.1, 0.15) is 5.78 Å². The molecule has 5 heteroatoms. The van der Waals surface area contributed by atoms with Crippen molar-refractivity contribution in [2.75, 3.05) is 14.2 Å². The Balaban J connectivity index is 2.68. The van der Waals surface area contributed by atoms with E-state index >= 15 is 0 Å². The van der Waals surface area contributed by atoms with E-state index in [-0.39, 0.29) is 11.4 Å². The van der Waals surface area contributed by atoms with Crippen LogP contribution in [0.15, 0.2) is 0 Å². The van der Waals surface area contributed by atoms with Crippen molar-refractivity contribution in [3.8, 4) is 0 Å². The lowest BCUT2D eigenvalue weighted by molar-refractivity contribution is -0.117. The molecule has 1 saturated carbocycles. The highest BCUT2D eigenvalue weighted by molar-refractivity contribution is 7.54. The highest BCUT2D eigenvalue weighted by atomic mass is 31.2. The van der Waals surface area contributed by atoms with Crippen molar-refractivity contribution in [3.05, 3.63) is 0 Å². The Kier molecular flexibility index (Phi) is 3.04. The molecule has 0 aromatic heterocycles. The molecule has 70 valence electrons. The average molecular weight is 192 g/mol. The summed E-state index contributed by atoms with van der Waals surface area (Å²) >= 11 is 0. The van der Waals surface area contributed by atoms with Crippen molar-refractivity contribution < 1.29 is 18.4 Å². The van der Waals surface area contributed by atoms with Crippen LogP contribution < -0.4 is 0 Å². The summed E-state index contributed by atoms with van der Waals surface area (Å²) in [6.07, 6.45) is 1.46. The van der Waals surface area contributed by atoms with Crippen molar-refractivity contribution in [2.24, 2.45) is 0 Å². The van der Waals surface area contributed by atoms with Gasteiger partial charge in [-0.25, -0.2) is 0 Å². The first-order valence-electron chi connectivity index (χ1n) is 3.85. The van der Waals surface area contributed by atoms with Crippen LogP contribution in [0.3, 0.4) is 0 Å². The second kappa shape index (κ2) is 3.69. The molecule has 0 amide bonds. The zero-order chi connectivity index (χ0) is 9.19. The maximum Gasteiger partial charge on any atom is 0.333 e. The Bertz CT molecular complexity index is 217. The molecule has 0 radical (unpaired) electrons. The summed E-state index contributed by atoms with van der Waals surface area (Å²) in [6, 6.07) is 0. The molecule has 0 N–H and O–H groups in total. The summed E-state index contributed by atoms with van der Waals surface area (Å²) in [7, 11) is -0.278. The van der Waals surface area contributed by atoms with Crippen LogP contribution in [-0.2, 0) is 18.4 Å². The third-order valence-electron chi connectivity index (χ3n) is 2.18. The molecule has 1 atom stereocenters. The number of hydrogen-bond donors (Lipinski definition) is 0. The topological polar surface area (TPSA) is 52.6 Å². The lowest BCUT2D eigenvalue weighted by atomic mass is 10.4. The molecular weight excluding hydrogens is 179 g/mol. The smallest absolute Gasteiger partial charge is 0.312 e. The zero-order valence-electron chi connectivity index (χ0n) is 7.28. The molecule has 0 bridgehead atoms. The van der Waals surface area contributed by atoms with Gasteiger partial charge < -0.3 is 9.05 Å². The minimum atomic E-state index is -2.99. The highest BCUT2D eigenvalue weighted by Gasteiger charge is 2.39. The van der Waals surface area contributed by atoms with Crippen LogP contribution in [0.1, 0.15) is 19.3 Å². The maximum absolute atomic E-state index is 11.7. The van der Waals surface area contributed by atoms with Crippen LogP contribution in [0.4, 0.5) is 0 Å². The summed E-state index contributed by atoms with van der Waals surface area (Å²) in [6.45, 7) is 0. The fourth-order valence-electron chi connectivity index (χ4n) is 1.44. The molecule has 1 unspecified atom stereocenters. The quantitative estimate of drug-likeness (QED) is 0.637. The second-order valence-electron chi connectivity index (χ2n) is 2.84. The van der Waals surface area contributed by atoms with Crippen molar-refractivity contribution in [1.82, 2.24) is 0 Å². The summed E-state index contributed by atoms with van der Waals surface area (Å²) in [5.74, 6) is 0.148. The molecule has 0 saturated heterocycles. The van der Waals surface area contributed by atoms with Gasteiger partial charge in [0.05, 0.1) is 5.66 Å². The van der Waals surface area contributed by atoms with Crippen molar-refractivity contribution in [2.45, 2.75) is 24.9 Å². The first kappa shape index (κ1) is 9.90. The Labute approximate surface area is 71.8 Å². The third kappa shape index (κ3) is 1.76. The Morgan fingerprint density at radius 1 is 1.42 bits per heavy atom. The molecule has 0 aliphatic heterocycles. The van der Waals surface area contributed by atoms with Crippen molar-refractivity contribution in [1.29, 1.82) is 0 Å². The zero-order valence-corrected chi connectivity index (χ0v) is 8.17. The maximum atomic E-state index is 11.7. The largest absolute Gasteiger partial charge is 0.333 e. The lowest BCUT2D eigenvalue weighted by Crippen LogP contribution is -2.07. The van der Waals surface area contributed by atoms with Crippen LogP contribution >= 0.6 is 7.60 Å². The van der Waals surface area contributed by atoms with E-state index in [9.17, 15) is 9.36 Å². The summed E-state index contributed by atoms with van der Waals surface area (Å²) in [5.41, 5.74) is -0.222. The Morgan fingerprint density at radius 2 is 2.00 bits per heavy atom. The van der Waals surface area contributed by atoms with Crippen LogP contribution in [-0.4, -0.2) is 25.7 Å². The van der Waals surface area contributed by atoms with E-state index < -0.39 is 7.60 Å². The van der Waals surface area contributed by atoms with Gasteiger partial charge in [0.2, 0.25) is 0 Å². The van der Waals surface area contributed by atoms with E-state index in [1.807, 2.05) is 0 Å².